The van der Waals surface area contributed by atoms with Gasteiger partial charge in [0.1, 0.15) is 5.65 Å². The summed E-state index contributed by atoms with van der Waals surface area (Å²) in [5.41, 5.74) is 0.331. The summed E-state index contributed by atoms with van der Waals surface area (Å²) in [4.78, 5) is 30.1. The first-order valence-corrected chi connectivity index (χ1v) is 9.72. The fraction of sp³-hybridized carbons (Fsp3) is 0.333. The van der Waals surface area contributed by atoms with E-state index in [1.165, 1.54) is 16.2 Å². The van der Waals surface area contributed by atoms with E-state index < -0.39 is 16.2 Å². The molecule has 1 atom stereocenters. The number of hydrogen-bond donors (Lipinski definition) is 1. The third-order valence-electron chi connectivity index (χ3n) is 5.04. The summed E-state index contributed by atoms with van der Waals surface area (Å²) >= 11 is 0. The van der Waals surface area contributed by atoms with Gasteiger partial charge in [0.2, 0.25) is 5.82 Å². The summed E-state index contributed by atoms with van der Waals surface area (Å²) < 4.78 is 1.19. The lowest BCUT2D eigenvalue weighted by molar-refractivity contribution is -0.385. The zero-order valence-electron chi connectivity index (χ0n) is 16.6. The van der Waals surface area contributed by atoms with Gasteiger partial charge in [-0.25, -0.2) is 4.98 Å². The zero-order valence-corrected chi connectivity index (χ0v) is 16.6. The summed E-state index contributed by atoms with van der Waals surface area (Å²) in [6.45, 7) is 6.32. The number of nitrogens with zero attached hydrogens (tertiary/aromatic N) is 4. The molecule has 29 heavy (non-hydrogen) atoms. The molecule has 0 saturated heterocycles. The number of nitro groups is 1. The molecule has 0 saturated carbocycles. The Hall–Kier alpha value is -3.26. The number of aromatic nitrogens is 2. The van der Waals surface area contributed by atoms with Gasteiger partial charge in [-0.2, -0.15) is 0 Å². The predicted octanol–water partition coefficient (Wildman–Crippen LogP) is 2.97. The highest BCUT2D eigenvalue weighted by Crippen LogP contribution is 2.19. The minimum absolute atomic E-state index is 0.0106. The van der Waals surface area contributed by atoms with Gasteiger partial charge in [0.15, 0.2) is 0 Å². The van der Waals surface area contributed by atoms with Gasteiger partial charge in [-0.1, -0.05) is 50.2 Å². The Bertz CT molecular complexity index is 1030. The lowest BCUT2D eigenvalue weighted by Crippen LogP contribution is -2.41. The molecule has 0 bridgehead atoms. The molecule has 0 aliphatic carbocycles. The minimum Gasteiger partial charge on any atom is -0.363 e. The number of nitrogens with one attached hydrogen (secondary N) is 1. The Labute approximate surface area is 169 Å². The maximum Gasteiger partial charge on any atom is 0.376 e. The maximum absolute atomic E-state index is 12.6. The molecule has 0 aliphatic rings. The van der Waals surface area contributed by atoms with Crippen LogP contribution in [-0.2, 0) is 6.42 Å². The van der Waals surface area contributed by atoms with Gasteiger partial charge in [-0.3, -0.25) is 24.2 Å². The summed E-state index contributed by atoms with van der Waals surface area (Å²) in [5, 5.41) is 14.7. The molecule has 8 nitrogen and oxygen atoms in total. The van der Waals surface area contributed by atoms with E-state index >= 15 is 0 Å². The molecular formula is C21H25N5O3. The molecule has 0 amide bonds. The average molecular weight is 395 g/mol. The van der Waals surface area contributed by atoms with E-state index in [-0.39, 0.29) is 11.9 Å². The van der Waals surface area contributed by atoms with Crippen molar-refractivity contribution in [3.05, 3.63) is 80.8 Å². The largest absolute Gasteiger partial charge is 0.376 e. The van der Waals surface area contributed by atoms with Crippen LogP contribution in [0.25, 0.3) is 5.65 Å². The van der Waals surface area contributed by atoms with E-state index in [2.05, 4.69) is 41.2 Å². The summed E-state index contributed by atoms with van der Waals surface area (Å²) in [7, 11) is 0. The van der Waals surface area contributed by atoms with Crippen molar-refractivity contribution in [3.63, 3.8) is 0 Å². The van der Waals surface area contributed by atoms with Gasteiger partial charge in [0.25, 0.3) is 0 Å². The molecule has 2 aromatic heterocycles. The second kappa shape index (κ2) is 9.29. The van der Waals surface area contributed by atoms with Crippen molar-refractivity contribution in [3.8, 4) is 0 Å². The van der Waals surface area contributed by atoms with Crippen LogP contribution in [0.4, 0.5) is 11.5 Å². The highest BCUT2D eigenvalue weighted by molar-refractivity contribution is 5.59. The standard InChI is InChI=1S/C21H25N5O3/c1-3-24(4-2)17(14-16-10-6-5-7-11-16)15-22-20-19(26(28)29)21(27)25-13-9-8-12-18(25)23-20/h5-13,17,22H,3-4,14-15H2,1-2H3/t17-/m0/s1. The van der Waals surface area contributed by atoms with Crippen LogP contribution in [0.2, 0.25) is 0 Å². The maximum atomic E-state index is 12.6. The molecule has 8 heteroatoms. The molecule has 3 rings (SSSR count). The summed E-state index contributed by atoms with van der Waals surface area (Å²) in [6.07, 6.45) is 2.27. The number of fused-ring (bicyclic) bond motifs is 1. The second-order valence-electron chi connectivity index (χ2n) is 6.75. The van der Waals surface area contributed by atoms with Crippen LogP contribution in [0.1, 0.15) is 19.4 Å². The third kappa shape index (κ3) is 4.60. The van der Waals surface area contributed by atoms with E-state index in [1.54, 1.807) is 18.2 Å². The first kappa shape index (κ1) is 20.5. The highest BCUT2D eigenvalue weighted by Gasteiger charge is 2.25. The zero-order chi connectivity index (χ0) is 20.8. The van der Waals surface area contributed by atoms with Crippen LogP contribution < -0.4 is 10.9 Å². The Balaban J connectivity index is 1.92. The second-order valence-corrected chi connectivity index (χ2v) is 6.75. The molecule has 0 unspecified atom stereocenters. The number of anilines is 1. The van der Waals surface area contributed by atoms with E-state index in [1.807, 2.05) is 18.2 Å². The minimum atomic E-state index is -0.689. The number of benzene rings is 1. The van der Waals surface area contributed by atoms with E-state index in [0.29, 0.717) is 12.2 Å². The number of pyridine rings is 1. The SMILES string of the molecule is CCN(CC)[C@H](CNc1nc2ccccn2c(=O)c1[N+](=O)[O-])Cc1ccccc1. The topological polar surface area (TPSA) is 92.8 Å². The van der Waals surface area contributed by atoms with Crippen LogP contribution in [0.15, 0.2) is 59.5 Å². The van der Waals surface area contributed by atoms with Crippen LogP contribution in [0, 0.1) is 10.1 Å². The van der Waals surface area contributed by atoms with Crippen molar-refractivity contribution >= 4 is 17.2 Å². The lowest BCUT2D eigenvalue weighted by Gasteiger charge is -2.30. The fourth-order valence-corrected chi connectivity index (χ4v) is 3.54. The van der Waals surface area contributed by atoms with Crippen LogP contribution in [0.3, 0.4) is 0 Å². The van der Waals surface area contributed by atoms with Gasteiger partial charge in [-0.15, -0.1) is 0 Å². The predicted molar refractivity (Wildman–Crippen MR) is 113 cm³/mol. The fourth-order valence-electron chi connectivity index (χ4n) is 3.54. The molecule has 1 N–H and O–H groups in total. The molecule has 0 fully saturated rings. The van der Waals surface area contributed by atoms with Gasteiger partial charge < -0.3 is 5.32 Å². The summed E-state index contributed by atoms with van der Waals surface area (Å²) in [5.74, 6) is 0.0106. The Kier molecular flexibility index (Phi) is 6.56. The van der Waals surface area contributed by atoms with Gasteiger partial charge >= 0.3 is 11.2 Å². The Morgan fingerprint density at radius 3 is 2.48 bits per heavy atom. The smallest absolute Gasteiger partial charge is 0.363 e. The quantitative estimate of drug-likeness (QED) is 0.442. The highest BCUT2D eigenvalue weighted by atomic mass is 16.6. The molecule has 0 aliphatic heterocycles. The lowest BCUT2D eigenvalue weighted by atomic mass is 10.0. The van der Waals surface area contributed by atoms with Crippen molar-refractivity contribution < 1.29 is 4.92 Å². The van der Waals surface area contributed by atoms with E-state index in [9.17, 15) is 14.9 Å². The summed E-state index contributed by atoms with van der Waals surface area (Å²) in [6, 6.07) is 15.3. The average Bonchev–Trinajstić information content (AvgIpc) is 2.73. The molecule has 2 heterocycles. The van der Waals surface area contributed by atoms with Crippen molar-refractivity contribution in [2.24, 2.45) is 0 Å². The van der Waals surface area contributed by atoms with Crippen LogP contribution in [-0.4, -0.2) is 44.9 Å². The first-order chi connectivity index (χ1) is 14.0. The Morgan fingerprint density at radius 1 is 1.14 bits per heavy atom. The first-order valence-electron chi connectivity index (χ1n) is 9.72. The van der Waals surface area contributed by atoms with E-state index in [4.69, 9.17) is 0 Å². The van der Waals surface area contributed by atoms with Gasteiger partial charge in [0.05, 0.1) is 4.92 Å². The third-order valence-corrected chi connectivity index (χ3v) is 5.04. The van der Waals surface area contributed by atoms with Crippen molar-refractivity contribution in [2.45, 2.75) is 26.3 Å². The van der Waals surface area contributed by atoms with Crippen molar-refractivity contribution in [1.82, 2.24) is 14.3 Å². The van der Waals surface area contributed by atoms with Gasteiger partial charge in [0, 0.05) is 18.8 Å². The molecule has 3 aromatic rings. The van der Waals surface area contributed by atoms with Crippen molar-refractivity contribution in [1.29, 1.82) is 0 Å². The Morgan fingerprint density at radius 2 is 1.83 bits per heavy atom. The number of rotatable bonds is 9. The van der Waals surface area contributed by atoms with E-state index in [0.717, 1.165) is 19.5 Å². The number of likely N-dealkylation sites (N-methyl/N-ethyl adjacent to an activating group) is 1. The van der Waals surface area contributed by atoms with Gasteiger partial charge in [-0.05, 0) is 37.2 Å². The van der Waals surface area contributed by atoms with Crippen molar-refractivity contribution in [2.75, 3.05) is 25.0 Å². The van der Waals surface area contributed by atoms with Crippen LogP contribution in [0.5, 0.6) is 0 Å². The number of hydrogen-bond acceptors (Lipinski definition) is 6. The monoisotopic (exact) mass is 395 g/mol. The molecule has 0 radical (unpaired) electrons. The molecule has 152 valence electrons. The molecule has 1 aromatic carbocycles. The molecular weight excluding hydrogens is 370 g/mol. The normalized spacial score (nSPS) is 12.2. The van der Waals surface area contributed by atoms with Crippen LogP contribution >= 0.6 is 0 Å². The molecule has 0 spiro atoms.